The van der Waals surface area contributed by atoms with Crippen LogP contribution in [-0.4, -0.2) is 12.5 Å². The van der Waals surface area contributed by atoms with E-state index in [1.807, 2.05) is 30.3 Å². The van der Waals surface area contributed by atoms with Gasteiger partial charge >= 0.3 is 0 Å². The summed E-state index contributed by atoms with van der Waals surface area (Å²) in [4.78, 5) is 11.9. The van der Waals surface area contributed by atoms with Crippen LogP contribution in [0, 0.1) is 11.3 Å². The van der Waals surface area contributed by atoms with Crippen LogP contribution in [0.5, 0.6) is 5.75 Å². The smallest absolute Gasteiger partial charge is 0.227 e. The van der Waals surface area contributed by atoms with Crippen LogP contribution in [0.2, 0.25) is 0 Å². The topological polar surface area (TPSA) is 62.1 Å². The molecule has 0 aliphatic heterocycles. The summed E-state index contributed by atoms with van der Waals surface area (Å²) in [5, 5.41) is 11.6. The molecule has 4 heteroatoms. The van der Waals surface area contributed by atoms with Gasteiger partial charge in [0.2, 0.25) is 5.91 Å². The summed E-state index contributed by atoms with van der Waals surface area (Å²) >= 11 is 0. The lowest BCUT2D eigenvalue weighted by Gasteiger charge is -2.08. The van der Waals surface area contributed by atoms with Crippen LogP contribution in [0.15, 0.2) is 48.5 Å². The number of nitriles is 1. The maximum absolute atomic E-state index is 11.9. The third-order valence-corrected chi connectivity index (χ3v) is 3.18. The van der Waals surface area contributed by atoms with Crippen molar-refractivity contribution in [2.24, 2.45) is 0 Å². The third kappa shape index (κ3) is 4.64. The lowest BCUT2D eigenvalue weighted by molar-refractivity contribution is -0.116. The lowest BCUT2D eigenvalue weighted by atomic mass is 10.2. The summed E-state index contributed by atoms with van der Waals surface area (Å²) in [5.74, 6) is 0.639. The van der Waals surface area contributed by atoms with Gasteiger partial charge in [0.15, 0.2) is 0 Å². The highest BCUT2D eigenvalue weighted by Crippen LogP contribution is 2.14. The molecule has 0 saturated heterocycles. The molecule has 2 aromatic rings. The first-order chi connectivity index (χ1) is 10.7. The largest absolute Gasteiger partial charge is 0.493 e. The molecule has 1 amide bonds. The zero-order chi connectivity index (χ0) is 15.8. The van der Waals surface area contributed by atoms with Crippen LogP contribution in [0.1, 0.15) is 24.5 Å². The predicted molar refractivity (Wildman–Crippen MR) is 85.7 cm³/mol. The Bertz CT molecular complexity index is 689. The highest BCUT2D eigenvalue weighted by molar-refractivity contribution is 5.90. The zero-order valence-electron chi connectivity index (χ0n) is 12.5. The Balaban J connectivity index is 1.81. The predicted octanol–water partition coefficient (Wildman–Crippen LogP) is 3.53. The second kappa shape index (κ2) is 7.84. The van der Waals surface area contributed by atoms with Crippen molar-refractivity contribution in [1.29, 1.82) is 5.26 Å². The van der Waals surface area contributed by atoms with Crippen molar-refractivity contribution in [3.8, 4) is 11.8 Å². The third-order valence-electron chi connectivity index (χ3n) is 3.18. The summed E-state index contributed by atoms with van der Waals surface area (Å²) in [6.07, 6.45) is 1.21. The van der Waals surface area contributed by atoms with Crippen molar-refractivity contribution >= 4 is 11.6 Å². The Hall–Kier alpha value is -2.80. The van der Waals surface area contributed by atoms with E-state index in [2.05, 4.69) is 12.2 Å². The number of benzene rings is 2. The van der Waals surface area contributed by atoms with Gasteiger partial charge in [-0.2, -0.15) is 5.26 Å². The molecular formula is C18H18N2O2. The fourth-order valence-corrected chi connectivity index (χ4v) is 2.01. The van der Waals surface area contributed by atoms with Crippen LogP contribution in [-0.2, 0) is 11.2 Å². The number of carbonyl (C=O) groups excluding carboxylic acids is 1. The van der Waals surface area contributed by atoms with E-state index in [0.717, 1.165) is 12.2 Å². The second-order valence-electron chi connectivity index (χ2n) is 4.84. The van der Waals surface area contributed by atoms with E-state index < -0.39 is 0 Å². The van der Waals surface area contributed by atoms with E-state index >= 15 is 0 Å². The molecular weight excluding hydrogens is 276 g/mol. The molecule has 1 N–H and O–H groups in total. The van der Waals surface area contributed by atoms with Gasteiger partial charge in [-0.05, 0) is 42.3 Å². The Morgan fingerprint density at radius 2 is 2.05 bits per heavy atom. The number of nitrogens with zero attached hydrogens (tertiary/aromatic N) is 1. The molecule has 0 aromatic heterocycles. The molecule has 112 valence electrons. The summed E-state index contributed by atoms with van der Waals surface area (Å²) in [6, 6.07) is 16.7. The average molecular weight is 294 g/mol. The number of anilines is 1. The fourth-order valence-electron chi connectivity index (χ4n) is 2.01. The van der Waals surface area contributed by atoms with E-state index in [1.165, 1.54) is 5.56 Å². The Labute approximate surface area is 130 Å². The highest BCUT2D eigenvalue weighted by atomic mass is 16.5. The van der Waals surface area contributed by atoms with Crippen LogP contribution in [0.4, 0.5) is 5.69 Å². The minimum atomic E-state index is -0.137. The molecule has 0 unspecified atom stereocenters. The molecule has 0 radical (unpaired) electrons. The van der Waals surface area contributed by atoms with Gasteiger partial charge in [0.05, 0.1) is 24.7 Å². The van der Waals surface area contributed by atoms with Crippen molar-refractivity contribution in [2.45, 2.75) is 19.8 Å². The van der Waals surface area contributed by atoms with Gasteiger partial charge in [-0.25, -0.2) is 0 Å². The Morgan fingerprint density at radius 3 is 2.82 bits per heavy atom. The number of nitrogens with one attached hydrogen (secondary N) is 1. The number of amides is 1. The molecule has 0 spiro atoms. The van der Waals surface area contributed by atoms with Gasteiger partial charge in [-0.15, -0.1) is 0 Å². The summed E-state index contributed by atoms with van der Waals surface area (Å²) in [6.45, 7) is 2.40. The molecule has 0 fully saturated rings. The summed E-state index contributed by atoms with van der Waals surface area (Å²) in [7, 11) is 0. The number of ether oxygens (including phenoxy) is 1. The maximum Gasteiger partial charge on any atom is 0.227 e. The maximum atomic E-state index is 11.9. The Morgan fingerprint density at radius 1 is 1.23 bits per heavy atom. The van der Waals surface area contributed by atoms with Crippen LogP contribution >= 0.6 is 0 Å². The van der Waals surface area contributed by atoms with Crippen LogP contribution < -0.4 is 10.1 Å². The molecule has 0 atom stereocenters. The standard InChI is InChI=1S/C18H18N2O2/c1-2-14-5-4-8-17(12-14)22-10-9-18(21)20-16-7-3-6-15(11-16)13-19/h3-8,11-12H,2,9-10H2,1H3,(H,20,21). The van der Waals surface area contributed by atoms with E-state index in [0.29, 0.717) is 17.9 Å². The van der Waals surface area contributed by atoms with E-state index in [4.69, 9.17) is 10.00 Å². The van der Waals surface area contributed by atoms with Crippen molar-refractivity contribution in [2.75, 3.05) is 11.9 Å². The van der Waals surface area contributed by atoms with Gasteiger partial charge < -0.3 is 10.1 Å². The molecule has 2 aromatic carbocycles. The van der Waals surface area contributed by atoms with Gasteiger partial charge in [0.25, 0.3) is 0 Å². The first-order valence-corrected chi connectivity index (χ1v) is 7.23. The fraction of sp³-hybridized carbons (Fsp3) is 0.222. The zero-order valence-corrected chi connectivity index (χ0v) is 12.5. The van der Waals surface area contributed by atoms with E-state index in [-0.39, 0.29) is 12.3 Å². The summed E-state index contributed by atoms with van der Waals surface area (Å²) in [5.41, 5.74) is 2.35. The molecule has 0 bridgehead atoms. The van der Waals surface area contributed by atoms with Crippen molar-refractivity contribution in [3.63, 3.8) is 0 Å². The van der Waals surface area contributed by atoms with E-state index in [9.17, 15) is 4.79 Å². The highest BCUT2D eigenvalue weighted by Gasteiger charge is 2.04. The molecule has 2 rings (SSSR count). The molecule has 0 aliphatic rings. The Kier molecular flexibility index (Phi) is 5.56. The first kappa shape index (κ1) is 15.6. The van der Waals surface area contributed by atoms with Crippen LogP contribution in [0.3, 0.4) is 0 Å². The number of carbonyl (C=O) groups is 1. The molecule has 0 heterocycles. The average Bonchev–Trinajstić information content (AvgIpc) is 2.55. The minimum Gasteiger partial charge on any atom is -0.493 e. The molecule has 0 saturated carbocycles. The molecule has 22 heavy (non-hydrogen) atoms. The van der Waals surface area contributed by atoms with Gasteiger partial charge in [0.1, 0.15) is 5.75 Å². The quantitative estimate of drug-likeness (QED) is 0.886. The lowest BCUT2D eigenvalue weighted by Crippen LogP contribution is -2.15. The molecule has 0 aliphatic carbocycles. The van der Waals surface area contributed by atoms with E-state index in [1.54, 1.807) is 24.3 Å². The van der Waals surface area contributed by atoms with Crippen molar-refractivity contribution in [3.05, 3.63) is 59.7 Å². The first-order valence-electron chi connectivity index (χ1n) is 7.23. The van der Waals surface area contributed by atoms with Gasteiger partial charge in [0, 0.05) is 5.69 Å². The normalized spacial score (nSPS) is 9.82. The van der Waals surface area contributed by atoms with Crippen LogP contribution in [0.25, 0.3) is 0 Å². The van der Waals surface area contributed by atoms with Crippen molar-refractivity contribution in [1.82, 2.24) is 0 Å². The SMILES string of the molecule is CCc1cccc(OCCC(=O)Nc2cccc(C#N)c2)c1. The van der Waals surface area contributed by atoms with Crippen molar-refractivity contribution < 1.29 is 9.53 Å². The summed E-state index contributed by atoms with van der Waals surface area (Å²) < 4.78 is 5.59. The monoisotopic (exact) mass is 294 g/mol. The van der Waals surface area contributed by atoms with Gasteiger partial charge in [-0.1, -0.05) is 25.1 Å². The molecule has 4 nitrogen and oxygen atoms in total. The number of hydrogen-bond acceptors (Lipinski definition) is 3. The number of hydrogen-bond donors (Lipinski definition) is 1. The number of rotatable bonds is 6. The second-order valence-corrected chi connectivity index (χ2v) is 4.84. The van der Waals surface area contributed by atoms with Gasteiger partial charge in [-0.3, -0.25) is 4.79 Å². The number of aryl methyl sites for hydroxylation is 1. The minimum absolute atomic E-state index is 0.137.